The number of hydrogen-bond donors (Lipinski definition) is 2. The van der Waals surface area contributed by atoms with Gasteiger partial charge >= 0.3 is 0 Å². The minimum atomic E-state index is 0.258. The quantitative estimate of drug-likeness (QED) is 0.616. The molecule has 0 aromatic heterocycles. The van der Waals surface area contributed by atoms with E-state index >= 15 is 0 Å². The number of benzene rings is 1. The Morgan fingerprint density at radius 3 is 2.41 bits per heavy atom. The van der Waals surface area contributed by atoms with Gasteiger partial charge in [0.2, 0.25) is 0 Å². The normalized spacial score (nSPS) is 13.8. The Morgan fingerprint density at radius 2 is 1.88 bits per heavy atom. The lowest BCUT2D eigenvalue weighted by atomic mass is 9.86. The Morgan fingerprint density at radius 1 is 1.24 bits per heavy atom. The molecule has 0 saturated carbocycles. The van der Waals surface area contributed by atoms with Crippen LogP contribution >= 0.6 is 0 Å². The molecule has 0 fully saturated rings. The van der Waals surface area contributed by atoms with Crippen molar-refractivity contribution < 1.29 is 0 Å². The molecule has 0 heterocycles. The van der Waals surface area contributed by atoms with Crippen molar-refractivity contribution in [3.05, 3.63) is 34.9 Å². The number of nitrogens with one attached hydrogen (secondary N) is 1. The smallest absolute Gasteiger partial charge is 0.0462 e. The van der Waals surface area contributed by atoms with Crippen LogP contribution < -0.4 is 11.3 Å². The number of rotatable bonds is 4. The molecule has 1 atom stereocenters. The SMILES string of the molecule is Cc1cccc(C(CCC(C)(C)C)NN)c1C. The molecule has 0 aliphatic rings. The Labute approximate surface area is 106 Å². The lowest BCUT2D eigenvalue weighted by Crippen LogP contribution is -2.29. The van der Waals surface area contributed by atoms with Gasteiger partial charge < -0.3 is 0 Å². The summed E-state index contributed by atoms with van der Waals surface area (Å²) in [6.45, 7) is 11.1. The van der Waals surface area contributed by atoms with Gasteiger partial charge in [-0.05, 0) is 48.8 Å². The summed E-state index contributed by atoms with van der Waals surface area (Å²) in [5.74, 6) is 5.70. The standard InChI is InChI=1S/C15H26N2/c1-11-7-6-8-13(12(11)2)14(17-16)9-10-15(3,4)5/h6-8,14,17H,9-10,16H2,1-5H3. The molecule has 2 nitrogen and oxygen atoms in total. The summed E-state index contributed by atoms with van der Waals surface area (Å²) >= 11 is 0. The Hall–Kier alpha value is -0.860. The molecule has 1 aromatic rings. The highest BCUT2D eigenvalue weighted by Crippen LogP contribution is 2.29. The highest BCUT2D eigenvalue weighted by molar-refractivity contribution is 5.35. The average Bonchev–Trinajstić information content (AvgIpc) is 2.23. The third-order valence-corrected chi connectivity index (χ3v) is 3.41. The highest BCUT2D eigenvalue weighted by Gasteiger charge is 2.17. The maximum Gasteiger partial charge on any atom is 0.0462 e. The van der Waals surface area contributed by atoms with E-state index < -0.39 is 0 Å². The maximum atomic E-state index is 5.70. The minimum Gasteiger partial charge on any atom is -0.271 e. The first kappa shape index (κ1) is 14.2. The summed E-state index contributed by atoms with van der Waals surface area (Å²) in [6.07, 6.45) is 2.24. The van der Waals surface area contributed by atoms with Gasteiger partial charge in [0, 0.05) is 6.04 Å². The van der Waals surface area contributed by atoms with E-state index in [1.807, 2.05) is 0 Å². The van der Waals surface area contributed by atoms with Gasteiger partial charge in [-0.3, -0.25) is 11.3 Å². The van der Waals surface area contributed by atoms with E-state index in [0.717, 1.165) is 12.8 Å². The topological polar surface area (TPSA) is 38.0 Å². The summed E-state index contributed by atoms with van der Waals surface area (Å²) < 4.78 is 0. The van der Waals surface area contributed by atoms with Crippen LogP contribution in [0.4, 0.5) is 0 Å². The van der Waals surface area contributed by atoms with E-state index in [0.29, 0.717) is 5.41 Å². The lowest BCUT2D eigenvalue weighted by molar-refractivity contribution is 0.333. The van der Waals surface area contributed by atoms with Crippen LogP contribution in [0.2, 0.25) is 0 Å². The molecule has 0 bridgehead atoms. The van der Waals surface area contributed by atoms with Gasteiger partial charge in [-0.25, -0.2) is 0 Å². The molecule has 0 radical (unpaired) electrons. The number of aryl methyl sites for hydroxylation is 1. The Balaban J connectivity index is 2.83. The first-order valence-electron chi connectivity index (χ1n) is 6.37. The van der Waals surface area contributed by atoms with Crippen molar-refractivity contribution in [2.24, 2.45) is 11.3 Å². The summed E-state index contributed by atoms with van der Waals surface area (Å²) in [4.78, 5) is 0. The van der Waals surface area contributed by atoms with Crippen LogP contribution in [0, 0.1) is 19.3 Å². The van der Waals surface area contributed by atoms with Gasteiger partial charge in [0.05, 0.1) is 0 Å². The van der Waals surface area contributed by atoms with Gasteiger partial charge in [-0.15, -0.1) is 0 Å². The molecule has 0 spiro atoms. The van der Waals surface area contributed by atoms with Crippen molar-refractivity contribution in [1.82, 2.24) is 5.43 Å². The van der Waals surface area contributed by atoms with E-state index in [9.17, 15) is 0 Å². The van der Waals surface area contributed by atoms with E-state index in [1.54, 1.807) is 0 Å². The highest BCUT2D eigenvalue weighted by atomic mass is 15.2. The first-order chi connectivity index (χ1) is 7.85. The molecule has 0 amide bonds. The third kappa shape index (κ3) is 4.14. The molecule has 17 heavy (non-hydrogen) atoms. The second kappa shape index (κ2) is 5.65. The second-order valence-electron chi connectivity index (χ2n) is 6.11. The van der Waals surface area contributed by atoms with Crippen LogP contribution in [-0.2, 0) is 0 Å². The fraction of sp³-hybridized carbons (Fsp3) is 0.600. The van der Waals surface area contributed by atoms with Gasteiger partial charge in [0.1, 0.15) is 0 Å². The molecule has 96 valence electrons. The van der Waals surface area contributed by atoms with Crippen molar-refractivity contribution in [2.45, 2.75) is 53.5 Å². The largest absolute Gasteiger partial charge is 0.271 e. The summed E-state index contributed by atoms with van der Waals surface area (Å²) in [5, 5.41) is 0. The van der Waals surface area contributed by atoms with Crippen molar-refractivity contribution >= 4 is 0 Å². The van der Waals surface area contributed by atoms with Crippen LogP contribution in [0.1, 0.15) is 56.3 Å². The van der Waals surface area contributed by atoms with Gasteiger partial charge in [0.25, 0.3) is 0 Å². The molecule has 1 aromatic carbocycles. The number of hydrazine groups is 1. The molecule has 0 saturated heterocycles. The van der Waals surface area contributed by atoms with E-state index in [1.165, 1.54) is 16.7 Å². The molecule has 0 aliphatic heterocycles. The Bertz CT molecular complexity index is 364. The van der Waals surface area contributed by atoms with Crippen LogP contribution in [-0.4, -0.2) is 0 Å². The lowest BCUT2D eigenvalue weighted by Gasteiger charge is -2.24. The van der Waals surface area contributed by atoms with Gasteiger partial charge in [-0.2, -0.15) is 0 Å². The van der Waals surface area contributed by atoms with Crippen LogP contribution in [0.25, 0.3) is 0 Å². The molecule has 3 N–H and O–H groups in total. The van der Waals surface area contributed by atoms with E-state index in [4.69, 9.17) is 5.84 Å². The van der Waals surface area contributed by atoms with Gasteiger partial charge in [0.15, 0.2) is 0 Å². The Kier molecular flexibility index (Phi) is 4.72. The van der Waals surface area contributed by atoms with Crippen molar-refractivity contribution in [3.8, 4) is 0 Å². The van der Waals surface area contributed by atoms with Crippen molar-refractivity contribution in [2.75, 3.05) is 0 Å². The fourth-order valence-corrected chi connectivity index (χ4v) is 2.06. The minimum absolute atomic E-state index is 0.258. The zero-order valence-electron chi connectivity index (χ0n) is 11.8. The third-order valence-electron chi connectivity index (χ3n) is 3.41. The zero-order valence-corrected chi connectivity index (χ0v) is 11.8. The molecular formula is C15H26N2. The molecule has 1 rings (SSSR count). The fourth-order valence-electron chi connectivity index (χ4n) is 2.06. The summed E-state index contributed by atoms with van der Waals surface area (Å²) in [7, 11) is 0. The average molecular weight is 234 g/mol. The summed E-state index contributed by atoms with van der Waals surface area (Å²) in [5.41, 5.74) is 7.33. The molecule has 0 aliphatic carbocycles. The maximum absolute atomic E-state index is 5.70. The van der Waals surface area contributed by atoms with Crippen LogP contribution in [0.15, 0.2) is 18.2 Å². The van der Waals surface area contributed by atoms with E-state index in [-0.39, 0.29) is 6.04 Å². The zero-order chi connectivity index (χ0) is 13.1. The number of hydrogen-bond acceptors (Lipinski definition) is 2. The summed E-state index contributed by atoms with van der Waals surface area (Å²) in [6, 6.07) is 6.69. The van der Waals surface area contributed by atoms with Crippen molar-refractivity contribution in [1.29, 1.82) is 0 Å². The van der Waals surface area contributed by atoms with Crippen LogP contribution in [0.3, 0.4) is 0 Å². The van der Waals surface area contributed by atoms with Crippen LogP contribution in [0.5, 0.6) is 0 Å². The van der Waals surface area contributed by atoms with Gasteiger partial charge in [-0.1, -0.05) is 39.0 Å². The molecule has 2 heteroatoms. The monoisotopic (exact) mass is 234 g/mol. The van der Waals surface area contributed by atoms with Crippen molar-refractivity contribution in [3.63, 3.8) is 0 Å². The predicted octanol–water partition coefficient (Wildman–Crippen LogP) is 3.63. The molecular weight excluding hydrogens is 208 g/mol. The predicted molar refractivity (Wildman–Crippen MR) is 74.7 cm³/mol. The second-order valence-corrected chi connectivity index (χ2v) is 6.11. The first-order valence-corrected chi connectivity index (χ1v) is 6.37. The number of nitrogens with two attached hydrogens (primary N) is 1. The van der Waals surface area contributed by atoms with E-state index in [2.05, 4.69) is 58.2 Å². The molecule has 1 unspecified atom stereocenters.